The molecule has 2 saturated heterocycles. The second-order valence-corrected chi connectivity index (χ2v) is 7.90. The number of anilines is 2. The van der Waals surface area contributed by atoms with Crippen LogP contribution in [0.3, 0.4) is 0 Å². The maximum Gasteiger partial charge on any atom is 0.152 e. The molecule has 0 radical (unpaired) electrons. The number of piperazine rings is 1. The number of nitrogens with zero attached hydrogens (tertiary/aromatic N) is 6. The van der Waals surface area contributed by atoms with Crippen LogP contribution in [0.25, 0.3) is 0 Å². The summed E-state index contributed by atoms with van der Waals surface area (Å²) in [6.07, 6.45) is 5.40. The molecule has 0 aliphatic carbocycles. The van der Waals surface area contributed by atoms with E-state index >= 15 is 0 Å². The Labute approximate surface area is 167 Å². The smallest absolute Gasteiger partial charge is 0.152 e. The largest absolute Gasteiger partial charge is 0.393 e. The van der Waals surface area contributed by atoms with Gasteiger partial charge in [0.05, 0.1) is 18.0 Å². The molecule has 7 heteroatoms. The number of aromatic nitrogens is 3. The fraction of sp³-hybridized carbons (Fsp3) is 0.619. The average molecular weight is 385 g/mol. The summed E-state index contributed by atoms with van der Waals surface area (Å²) in [6, 6.07) is 4.23. The zero-order valence-electron chi connectivity index (χ0n) is 17.1. The first kappa shape index (κ1) is 19.2. The van der Waals surface area contributed by atoms with Crippen LogP contribution < -0.4 is 9.80 Å². The minimum absolute atomic E-state index is 0.160. The molecule has 0 amide bonds. The highest BCUT2D eigenvalue weighted by atomic mass is 16.3. The number of hydrogen-bond donors (Lipinski definition) is 1. The number of rotatable bonds is 5. The summed E-state index contributed by atoms with van der Waals surface area (Å²) in [5.74, 6) is 1.07. The number of pyridine rings is 1. The van der Waals surface area contributed by atoms with Crippen molar-refractivity contribution in [2.45, 2.75) is 45.9 Å². The van der Waals surface area contributed by atoms with Crippen molar-refractivity contribution in [1.29, 1.82) is 0 Å². The number of hydrogen-bond acceptors (Lipinski definition) is 6. The van der Waals surface area contributed by atoms with Gasteiger partial charge in [-0.05, 0) is 38.8 Å². The van der Waals surface area contributed by atoms with E-state index in [0.717, 1.165) is 71.0 Å². The van der Waals surface area contributed by atoms with Gasteiger partial charge in [-0.1, -0.05) is 0 Å². The maximum absolute atomic E-state index is 9.81. The molecule has 152 valence electrons. The monoisotopic (exact) mass is 384 g/mol. The first-order valence-electron chi connectivity index (χ1n) is 10.5. The van der Waals surface area contributed by atoms with Crippen LogP contribution in [-0.2, 0) is 13.1 Å². The predicted molar refractivity (Wildman–Crippen MR) is 112 cm³/mol. The summed E-state index contributed by atoms with van der Waals surface area (Å²) in [7, 11) is 0. The standard InChI is InChI=1S/C21H32N6O/c1-3-27-17(2)18(15-23-27)16-24-11-13-25(14-12-24)20-5-4-8-22-21(20)26-9-6-19(28)7-10-26/h4-5,8,15,19,28H,3,6-7,9-14,16H2,1-2H3. The summed E-state index contributed by atoms with van der Waals surface area (Å²) in [5, 5.41) is 14.3. The molecule has 7 nitrogen and oxygen atoms in total. The van der Waals surface area contributed by atoms with Gasteiger partial charge in [-0.3, -0.25) is 9.58 Å². The van der Waals surface area contributed by atoms with E-state index < -0.39 is 0 Å². The van der Waals surface area contributed by atoms with Crippen LogP contribution in [0.15, 0.2) is 24.5 Å². The zero-order valence-corrected chi connectivity index (χ0v) is 17.1. The second-order valence-electron chi connectivity index (χ2n) is 7.90. The highest BCUT2D eigenvalue weighted by Crippen LogP contribution is 2.30. The minimum atomic E-state index is -0.160. The van der Waals surface area contributed by atoms with E-state index in [1.165, 1.54) is 16.9 Å². The molecule has 0 bridgehead atoms. The van der Waals surface area contributed by atoms with Gasteiger partial charge in [-0.2, -0.15) is 5.10 Å². The first-order chi connectivity index (χ1) is 13.7. The van der Waals surface area contributed by atoms with Crippen molar-refractivity contribution in [3.63, 3.8) is 0 Å². The normalized spacial score (nSPS) is 19.4. The van der Waals surface area contributed by atoms with Crippen molar-refractivity contribution >= 4 is 11.5 Å². The first-order valence-corrected chi connectivity index (χ1v) is 10.5. The summed E-state index contributed by atoms with van der Waals surface area (Å²) in [6.45, 7) is 12.1. The summed E-state index contributed by atoms with van der Waals surface area (Å²) in [4.78, 5) is 12.0. The third-order valence-electron chi connectivity index (χ3n) is 6.14. The third-order valence-corrected chi connectivity index (χ3v) is 6.14. The van der Waals surface area contributed by atoms with Crippen LogP contribution in [-0.4, -0.2) is 70.1 Å². The van der Waals surface area contributed by atoms with E-state index in [0.29, 0.717) is 0 Å². The summed E-state index contributed by atoms with van der Waals surface area (Å²) >= 11 is 0. The molecule has 0 saturated carbocycles. The molecule has 2 aliphatic rings. The molecule has 2 aromatic rings. The van der Waals surface area contributed by atoms with E-state index in [1.54, 1.807) is 0 Å². The van der Waals surface area contributed by atoms with Crippen molar-refractivity contribution in [2.24, 2.45) is 0 Å². The molecule has 4 heterocycles. The van der Waals surface area contributed by atoms with Crippen molar-refractivity contribution < 1.29 is 5.11 Å². The third kappa shape index (κ3) is 4.00. The molecule has 0 unspecified atom stereocenters. The van der Waals surface area contributed by atoms with Crippen LogP contribution in [0.1, 0.15) is 31.0 Å². The van der Waals surface area contributed by atoms with Gasteiger partial charge in [0, 0.05) is 69.8 Å². The van der Waals surface area contributed by atoms with Crippen molar-refractivity contribution in [3.8, 4) is 0 Å². The molecule has 4 rings (SSSR count). The van der Waals surface area contributed by atoms with Gasteiger partial charge in [-0.15, -0.1) is 0 Å². The van der Waals surface area contributed by atoms with Gasteiger partial charge in [0.2, 0.25) is 0 Å². The van der Waals surface area contributed by atoms with Gasteiger partial charge < -0.3 is 14.9 Å². The fourth-order valence-corrected chi connectivity index (χ4v) is 4.30. The molecule has 28 heavy (non-hydrogen) atoms. The number of aryl methyl sites for hydroxylation is 1. The van der Waals surface area contributed by atoms with Gasteiger partial charge in [0.25, 0.3) is 0 Å². The lowest BCUT2D eigenvalue weighted by Crippen LogP contribution is -2.47. The molecule has 2 aliphatic heterocycles. The lowest BCUT2D eigenvalue weighted by molar-refractivity contribution is 0.145. The molecule has 0 spiro atoms. The van der Waals surface area contributed by atoms with Crippen LogP contribution in [0.5, 0.6) is 0 Å². The Kier molecular flexibility index (Phi) is 5.82. The number of aliphatic hydroxyl groups is 1. The molecular formula is C21H32N6O. The Morgan fingerprint density at radius 2 is 1.82 bits per heavy atom. The molecular weight excluding hydrogens is 352 g/mol. The highest BCUT2D eigenvalue weighted by molar-refractivity contribution is 5.67. The highest BCUT2D eigenvalue weighted by Gasteiger charge is 2.25. The lowest BCUT2D eigenvalue weighted by Gasteiger charge is -2.39. The Hall–Kier alpha value is -2.12. The molecule has 0 atom stereocenters. The summed E-state index contributed by atoms with van der Waals surface area (Å²) in [5.41, 5.74) is 3.85. The van der Waals surface area contributed by atoms with Gasteiger partial charge in [0.15, 0.2) is 5.82 Å². The van der Waals surface area contributed by atoms with E-state index in [1.807, 2.05) is 18.5 Å². The minimum Gasteiger partial charge on any atom is -0.393 e. The predicted octanol–water partition coefficient (Wildman–Crippen LogP) is 1.89. The van der Waals surface area contributed by atoms with Crippen molar-refractivity contribution in [1.82, 2.24) is 19.7 Å². The van der Waals surface area contributed by atoms with Crippen LogP contribution in [0.4, 0.5) is 11.5 Å². The average Bonchev–Trinajstić information content (AvgIpc) is 3.09. The second kappa shape index (κ2) is 8.49. The van der Waals surface area contributed by atoms with E-state index in [4.69, 9.17) is 4.98 Å². The lowest BCUT2D eigenvalue weighted by atomic mass is 10.1. The Bertz CT molecular complexity index is 775. The van der Waals surface area contributed by atoms with E-state index in [9.17, 15) is 5.11 Å². The SMILES string of the molecule is CCn1ncc(CN2CCN(c3cccnc3N3CCC(O)CC3)CC2)c1C. The topological polar surface area (TPSA) is 60.7 Å². The molecule has 2 aromatic heterocycles. The van der Waals surface area contributed by atoms with Crippen molar-refractivity contribution in [2.75, 3.05) is 49.1 Å². The van der Waals surface area contributed by atoms with Crippen LogP contribution in [0, 0.1) is 6.92 Å². The summed E-state index contributed by atoms with van der Waals surface area (Å²) < 4.78 is 2.07. The van der Waals surface area contributed by atoms with Crippen molar-refractivity contribution in [3.05, 3.63) is 35.8 Å². The van der Waals surface area contributed by atoms with Gasteiger partial charge in [-0.25, -0.2) is 4.98 Å². The number of piperidine rings is 1. The number of aliphatic hydroxyl groups excluding tert-OH is 1. The van der Waals surface area contributed by atoms with E-state index in [2.05, 4.69) is 44.4 Å². The maximum atomic E-state index is 9.81. The van der Waals surface area contributed by atoms with Gasteiger partial charge >= 0.3 is 0 Å². The van der Waals surface area contributed by atoms with E-state index in [-0.39, 0.29) is 6.10 Å². The fourth-order valence-electron chi connectivity index (χ4n) is 4.30. The van der Waals surface area contributed by atoms with Crippen LogP contribution in [0.2, 0.25) is 0 Å². The molecule has 0 aromatic carbocycles. The Balaban J connectivity index is 1.39. The van der Waals surface area contributed by atoms with Crippen LogP contribution >= 0.6 is 0 Å². The van der Waals surface area contributed by atoms with Gasteiger partial charge in [0.1, 0.15) is 0 Å². The quantitative estimate of drug-likeness (QED) is 0.850. The Morgan fingerprint density at radius 1 is 1.07 bits per heavy atom. The molecule has 2 fully saturated rings. The molecule has 1 N–H and O–H groups in total. The Morgan fingerprint density at radius 3 is 2.50 bits per heavy atom. The zero-order chi connectivity index (χ0) is 19.5.